The van der Waals surface area contributed by atoms with E-state index in [0.29, 0.717) is 23.8 Å². The molecule has 0 spiro atoms. The van der Waals surface area contributed by atoms with Crippen LogP contribution in [0, 0.1) is 5.82 Å². The summed E-state index contributed by atoms with van der Waals surface area (Å²) in [5.74, 6) is 0.510. The third-order valence-electron chi connectivity index (χ3n) is 2.41. The van der Waals surface area contributed by atoms with E-state index in [1.807, 2.05) is 20.8 Å². The van der Waals surface area contributed by atoms with Crippen LogP contribution in [0.5, 0.6) is 0 Å². The van der Waals surface area contributed by atoms with Crippen LogP contribution in [-0.2, 0) is 6.54 Å². The monoisotopic (exact) mass is 327 g/mol. The molecule has 1 aromatic carbocycles. The van der Waals surface area contributed by atoms with Gasteiger partial charge in [0.05, 0.1) is 6.54 Å². The van der Waals surface area contributed by atoms with Gasteiger partial charge in [-0.05, 0) is 39.0 Å². The van der Waals surface area contributed by atoms with Crippen molar-refractivity contribution >= 4 is 15.9 Å². The van der Waals surface area contributed by atoms with Gasteiger partial charge in [0.2, 0.25) is 11.7 Å². The Morgan fingerprint density at radius 2 is 2.11 bits per heavy atom. The first kappa shape index (κ1) is 14.1. The zero-order chi connectivity index (χ0) is 14.0. The van der Waals surface area contributed by atoms with Crippen molar-refractivity contribution in [3.05, 3.63) is 34.4 Å². The van der Waals surface area contributed by atoms with Gasteiger partial charge in [-0.1, -0.05) is 21.1 Å². The summed E-state index contributed by atoms with van der Waals surface area (Å²) in [5, 5.41) is 7.11. The van der Waals surface area contributed by atoms with E-state index in [4.69, 9.17) is 4.52 Å². The summed E-state index contributed by atoms with van der Waals surface area (Å²) in [4.78, 5) is 4.25. The lowest BCUT2D eigenvalue weighted by molar-refractivity contribution is 0.336. The smallest absolute Gasteiger partial charge is 0.240 e. The van der Waals surface area contributed by atoms with Crippen LogP contribution in [0.25, 0.3) is 11.4 Å². The van der Waals surface area contributed by atoms with Crippen molar-refractivity contribution in [3.8, 4) is 11.4 Å². The standard InChI is InChI=1S/C13H15BrFN3O/c1-13(2,3)16-7-11-17-12(18-19-11)9-6-8(15)4-5-10(9)14/h4-6,16H,7H2,1-3H3. The average molecular weight is 328 g/mol. The first-order chi connectivity index (χ1) is 8.85. The first-order valence-corrected chi connectivity index (χ1v) is 6.67. The van der Waals surface area contributed by atoms with Crippen LogP contribution in [0.3, 0.4) is 0 Å². The van der Waals surface area contributed by atoms with Crippen molar-refractivity contribution in [3.63, 3.8) is 0 Å². The van der Waals surface area contributed by atoms with Crippen molar-refractivity contribution < 1.29 is 8.91 Å². The number of benzene rings is 1. The number of nitrogens with zero attached hydrogens (tertiary/aromatic N) is 2. The summed E-state index contributed by atoms with van der Waals surface area (Å²) in [5.41, 5.74) is 0.541. The van der Waals surface area contributed by atoms with E-state index in [1.54, 1.807) is 6.07 Å². The topological polar surface area (TPSA) is 51.0 Å². The van der Waals surface area contributed by atoms with Crippen LogP contribution in [0.15, 0.2) is 27.2 Å². The highest BCUT2D eigenvalue weighted by molar-refractivity contribution is 9.10. The van der Waals surface area contributed by atoms with Crippen LogP contribution < -0.4 is 5.32 Å². The molecule has 1 N–H and O–H groups in total. The molecule has 2 rings (SSSR count). The van der Waals surface area contributed by atoms with Crippen molar-refractivity contribution in [1.29, 1.82) is 0 Å². The highest BCUT2D eigenvalue weighted by Crippen LogP contribution is 2.26. The minimum Gasteiger partial charge on any atom is -0.338 e. The molecular weight excluding hydrogens is 313 g/mol. The Morgan fingerprint density at radius 3 is 2.79 bits per heavy atom. The van der Waals surface area contributed by atoms with E-state index in [2.05, 4.69) is 31.4 Å². The molecule has 6 heteroatoms. The minimum absolute atomic E-state index is 0.0337. The van der Waals surface area contributed by atoms with E-state index in [-0.39, 0.29) is 11.4 Å². The Morgan fingerprint density at radius 1 is 1.37 bits per heavy atom. The van der Waals surface area contributed by atoms with Gasteiger partial charge in [-0.25, -0.2) is 4.39 Å². The van der Waals surface area contributed by atoms with Crippen molar-refractivity contribution in [2.45, 2.75) is 32.9 Å². The Bertz CT molecular complexity index is 578. The fourth-order valence-corrected chi connectivity index (χ4v) is 1.87. The molecule has 0 bridgehead atoms. The van der Waals surface area contributed by atoms with Crippen molar-refractivity contribution in [1.82, 2.24) is 15.5 Å². The fraction of sp³-hybridized carbons (Fsp3) is 0.385. The maximum Gasteiger partial charge on any atom is 0.240 e. The number of rotatable bonds is 3. The van der Waals surface area contributed by atoms with Gasteiger partial charge < -0.3 is 9.84 Å². The lowest BCUT2D eigenvalue weighted by Gasteiger charge is -2.18. The molecule has 2 aromatic rings. The second kappa shape index (κ2) is 5.38. The number of halogens is 2. The van der Waals surface area contributed by atoms with Gasteiger partial charge in [-0.2, -0.15) is 4.98 Å². The molecule has 0 saturated heterocycles. The molecule has 19 heavy (non-hydrogen) atoms. The fourth-order valence-electron chi connectivity index (χ4n) is 1.45. The highest BCUT2D eigenvalue weighted by Gasteiger charge is 2.15. The number of hydrogen-bond donors (Lipinski definition) is 1. The van der Waals surface area contributed by atoms with Crippen LogP contribution in [0.4, 0.5) is 4.39 Å². The zero-order valence-electron chi connectivity index (χ0n) is 11.0. The van der Waals surface area contributed by atoms with Crippen molar-refractivity contribution in [2.75, 3.05) is 0 Å². The predicted octanol–water partition coefficient (Wildman–Crippen LogP) is 3.53. The zero-order valence-corrected chi connectivity index (χ0v) is 12.6. The summed E-state index contributed by atoms with van der Waals surface area (Å²) in [7, 11) is 0. The summed E-state index contributed by atoms with van der Waals surface area (Å²) in [6.07, 6.45) is 0. The van der Waals surface area contributed by atoms with Crippen molar-refractivity contribution in [2.24, 2.45) is 0 Å². The van der Waals surface area contributed by atoms with Gasteiger partial charge in [-0.15, -0.1) is 0 Å². The average Bonchev–Trinajstić information content (AvgIpc) is 2.77. The van der Waals surface area contributed by atoms with E-state index in [0.717, 1.165) is 4.47 Å². The Kier molecular flexibility index (Phi) is 4.01. The summed E-state index contributed by atoms with van der Waals surface area (Å²) < 4.78 is 19.1. The maximum absolute atomic E-state index is 13.2. The first-order valence-electron chi connectivity index (χ1n) is 5.88. The molecule has 0 amide bonds. The van der Waals surface area contributed by atoms with Gasteiger partial charge in [0, 0.05) is 15.6 Å². The minimum atomic E-state index is -0.336. The van der Waals surface area contributed by atoms with Crippen LogP contribution in [-0.4, -0.2) is 15.7 Å². The number of hydrogen-bond acceptors (Lipinski definition) is 4. The molecule has 0 aliphatic carbocycles. The molecule has 0 radical (unpaired) electrons. The molecule has 0 atom stereocenters. The highest BCUT2D eigenvalue weighted by atomic mass is 79.9. The lowest BCUT2D eigenvalue weighted by Crippen LogP contribution is -2.35. The molecule has 0 fully saturated rings. The van der Waals surface area contributed by atoms with Crippen LogP contribution in [0.1, 0.15) is 26.7 Å². The Balaban J connectivity index is 2.19. The third-order valence-corrected chi connectivity index (χ3v) is 3.10. The van der Waals surface area contributed by atoms with Gasteiger partial charge >= 0.3 is 0 Å². The lowest BCUT2D eigenvalue weighted by atomic mass is 10.1. The van der Waals surface area contributed by atoms with Gasteiger partial charge in [0.1, 0.15) is 5.82 Å². The van der Waals surface area contributed by atoms with E-state index in [9.17, 15) is 4.39 Å². The maximum atomic E-state index is 13.2. The van der Waals surface area contributed by atoms with Crippen LogP contribution in [0.2, 0.25) is 0 Å². The predicted molar refractivity (Wildman–Crippen MR) is 74.0 cm³/mol. The van der Waals surface area contributed by atoms with Crippen LogP contribution >= 0.6 is 15.9 Å². The molecule has 0 aliphatic rings. The Hall–Kier alpha value is -1.27. The molecule has 0 unspecified atom stereocenters. The third kappa shape index (κ3) is 3.84. The summed E-state index contributed by atoms with van der Waals surface area (Å²) >= 11 is 3.34. The molecule has 102 valence electrons. The molecule has 1 aromatic heterocycles. The van der Waals surface area contributed by atoms with E-state index >= 15 is 0 Å². The van der Waals surface area contributed by atoms with Gasteiger partial charge in [0.25, 0.3) is 0 Å². The summed E-state index contributed by atoms with van der Waals surface area (Å²) in [6.45, 7) is 6.62. The molecule has 0 aliphatic heterocycles. The normalized spacial score (nSPS) is 11.8. The SMILES string of the molecule is CC(C)(C)NCc1nc(-c2cc(F)ccc2Br)no1. The van der Waals surface area contributed by atoms with E-state index < -0.39 is 0 Å². The quantitative estimate of drug-likeness (QED) is 0.936. The number of aromatic nitrogens is 2. The molecule has 1 heterocycles. The molecule has 4 nitrogen and oxygen atoms in total. The van der Waals surface area contributed by atoms with E-state index in [1.165, 1.54) is 12.1 Å². The second-order valence-corrected chi connectivity index (χ2v) is 6.09. The number of nitrogens with one attached hydrogen (secondary N) is 1. The van der Waals surface area contributed by atoms with Gasteiger partial charge in [-0.3, -0.25) is 0 Å². The molecular formula is C13H15BrFN3O. The largest absolute Gasteiger partial charge is 0.338 e. The van der Waals surface area contributed by atoms with Gasteiger partial charge in [0.15, 0.2) is 0 Å². The Labute approximate surface area is 119 Å². The summed E-state index contributed by atoms with van der Waals surface area (Å²) in [6, 6.07) is 4.36. The second-order valence-electron chi connectivity index (χ2n) is 5.24. The molecule has 0 saturated carbocycles.